The van der Waals surface area contributed by atoms with Gasteiger partial charge in [0.25, 0.3) is 0 Å². The Labute approximate surface area is 107 Å². The van der Waals surface area contributed by atoms with Crippen LogP contribution in [0.5, 0.6) is 5.88 Å². The minimum Gasteiger partial charge on any atom is -0.480 e. The van der Waals surface area contributed by atoms with E-state index in [1.165, 1.54) is 0 Å². The highest BCUT2D eigenvalue weighted by Crippen LogP contribution is 2.17. The highest BCUT2D eigenvalue weighted by molar-refractivity contribution is 5.77. The second-order valence-electron chi connectivity index (χ2n) is 3.95. The largest absolute Gasteiger partial charge is 0.480 e. The van der Waals surface area contributed by atoms with Crippen LogP contribution in [-0.2, 0) is 4.79 Å². The maximum absolute atomic E-state index is 11.1. The molecular formula is C12H19N3O3. The lowest BCUT2D eigenvalue weighted by atomic mass is 10.2. The first kappa shape index (κ1) is 14.2. The van der Waals surface area contributed by atoms with Crippen LogP contribution in [0.2, 0.25) is 0 Å². The predicted octanol–water partition coefficient (Wildman–Crippen LogP) is 1.48. The van der Waals surface area contributed by atoms with Crippen molar-refractivity contribution >= 4 is 11.9 Å². The van der Waals surface area contributed by atoms with E-state index in [1.54, 1.807) is 18.0 Å². The molecule has 0 spiro atoms. The molecule has 0 bridgehead atoms. The second-order valence-corrected chi connectivity index (χ2v) is 3.95. The number of rotatable bonds is 6. The van der Waals surface area contributed by atoms with E-state index in [9.17, 15) is 4.79 Å². The van der Waals surface area contributed by atoms with Gasteiger partial charge in [-0.2, -0.15) is 4.98 Å². The van der Waals surface area contributed by atoms with Crippen molar-refractivity contribution in [2.75, 3.05) is 18.6 Å². The van der Waals surface area contributed by atoms with E-state index in [0.29, 0.717) is 24.9 Å². The van der Waals surface area contributed by atoms with Crippen LogP contribution in [0.3, 0.4) is 0 Å². The Bertz CT molecular complexity index is 423. The van der Waals surface area contributed by atoms with Gasteiger partial charge in [-0.3, -0.25) is 0 Å². The molecule has 1 aromatic heterocycles. The fraction of sp³-hybridized carbons (Fsp3) is 0.583. The van der Waals surface area contributed by atoms with Gasteiger partial charge in [-0.1, -0.05) is 6.92 Å². The van der Waals surface area contributed by atoms with Crippen molar-refractivity contribution in [2.24, 2.45) is 0 Å². The van der Waals surface area contributed by atoms with Crippen LogP contribution in [0, 0.1) is 6.92 Å². The first-order valence-electron chi connectivity index (χ1n) is 5.93. The number of carboxylic acids is 1. The van der Waals surface area contributed by atoms with Gasteiger partial charge in [-0.25, -0.2) is 9.78 Å². The van der Waals surface area contributed by atoms with Crippen LogP contribution in [0.15, 0.2) is 6.07 Å². The van der Waals surface area contributed by atoms with Crippen molar-refractivity contribution < 1.29 is 14.6 Å². The fourth-order valence-corrected chi connectivity index (χ4v) is 1.66. The molecule has 0 saturated heterocycles. The summed E-state index contributed by atoms with van der Waals surface area (Å²) in [7, 11) is 1.67. The van der Waals surface area contributed by atoms with Crippen LogP contribution in [0.1, 0.15) is 26.0 Å². The Morgan fingerprint density at radius 3 is 2.67 bits per heavy atom. The summed E-state index contributed by atoms with van der Waals surface area (Å²) in [6.45, 7) is 6.01. The maximum Gasteiger partial charge on any atom is 0.326 e. The van der Waals surface area contributed by atoms with Crippen LogP contribution in [0.25, 0.3) is 0 Å². The zero-order valence-corrected chi connectivity index (χ0v) is 11.2. The third-order valence-corrected chi connectivity index (χ3v) is 2.57. The van der Waals surface area contributed by atoms with Gasteiger partial charge in [0, 0.05) is 18.8 Å². The predicted molar refractivity (Wildman–Crippen MR) is 68.1 cm³/mol. The topological polar surface area (TPSA) is 75.5 Å². The fourth-order valence-electron chi connectivity index (χ4n) is 1.66. The summed E-state index contributed by atoms with van der Waals surface area (Å²) < 4.78 is 5.33. The van der Waals surface area contributed by atoms with Gasteiger partial charge < -0.3 is 14.7 Å². The molecule has 6 heteroatoms. The van der Waals surface area contributed by atoms with E-state index < -0.39 is 12.0 Å². The van der Waals surface area contributed by atoms with E-state index in [4.69, 9.17) is 9.84 Å². The summed E-state index contributed by atoms with van der Waals surface area (Å²) >= 11 is 0. The Hall–Kier alpha value is -1.85. The summed E-state index contributed by atoms with van der Waals surface area (Å²) in [6.07, 6.45) is 0.479. The average molecular weight is 253 g/mol. The van der Waals surface area contributed by atoms with Gasteiger partial charge in [-0.05, 0) is 20.3 Å². The number of carbonyl (C=O) groups is 1. The molecule has 0 amide bonds. The normalized spacial score (nSPS) is 12.0. The number of carboxylic acid groups (broad SMARTS) is 1. The van der Waals surface area contributed by atoms with E-state index in [2.05, 4.69) is 9.97 Å². The molecule has 1 atom stereocenters. The van der Waals surface area contributed by atoms with E-state index >= 15 is 0 Å². The highest BCUT2D eigenvalue weighted by atomic mass is 16.5. The maximum atomic E-state index is 11.1. The molecule has 18 heavy (non-hydrogen) atoms. The number of likely N-dealkylation sites (N-methyl/N-ethyl adjacent to an activating group) is 1. The quantitative estimate of drug-likeness (QED) is 0.827. The van der Waals surface area contributed by atoms with Crippen molar-refractivity contribution in [3.63, 3.8) is 0 Å². The van der Waals surface area contributed by atoms with Crippen LogP contribution in [-0.4, -0.2) is 40.7 Å². The van der Waals surface area contributed by atoms with Gasteiger partial charge in [0.1, 0.15) is 6.04 Å². The number of aromatic nitrogens is 2. The molecule has 0 aliphatic rings. The van der Waals surface area contributed by atoms with Crippen molar-refractivity contribution in [1.29, 1.82) is 0 Å². The number of hydrogen-bond donors (Lipinski definition) is 1. The molecule has 1 unspecified atom stereocenters. The Kier molecular flexibility index (Phi) is 4.88. The summed E-state index contributed by atoms with van der Waals surface area (Å²) in [5.74, 6) is -0.0529. The lowest BCUT2D eigenvalue weighted by Gasteiger charge is -2.24. The SMILES string of the molecule is CCOc1cc(C)nc(N(C)C(CC)C(=O)O)n1. The average Bonchev–Trinajstić information content (AvgIpc) is 2.28. The van der Waals surface area contributed by atoms with Crippen molar-refractivity contribution in [3.8, 4) is 5.88 Å². The molecule has 0 aromatic carbocycles. The molecule has 0 fully saturated rings. The smallest absolute Gasteiger partial charge is 0.326 e. The van der Waals surface area contributed by atoms with Crippen molar-refractivity contribution in [2.45, 2.75) is 33.2 Å². The Balaban J connectivity index is 3.03. The number of aryl methyl sites for hydroxylation is 1. The second kappa shape index (κ2) is 6.18. The minimum atomic E-state index is -0.886. The number of hydrogen-bond acceptors (Lipinski definition) is 5. The monoisotopic (exact) mass is 253 g/mol. The molecule has 0 aliphatic heterocycles. The lowest BCUT2D eigenvalue weighted by Crippen LogP contribution is -2.39. The number of anilines is 1. The number of ether oxygens (including phenoxy) is 1. The van der Waals surface area contributed by atoms with Crippen LogP contribution >= 0.6 is 0 Å². The molecule has 0 aliphatic carbocycles. The summed E-state index contributed by atoms with van der Waals surface area (Å²) in [6, 6.07) is 1.09. The first-order valence-corrected chi connectivity index (χ1v) is 5.93. The highest BCUT2D eigenvalue weighted by Gasteiger charge is 2.23. The Morgan fingerprint density at radius 1 is 1.50 bits per heavy atom. The summed E-state index contributed by atoms with van der Waals surface area (Å²) in [4.78, 5) is 21.1. The van der Waals surface area contributed by atoms with Gasteiger partial charge in [0.2, 0.25) is 11.8 Å². The molecule has 100 valence electrons. The van der Waals surface area contributed by atoms with Gasteiger partial charge >= 0.3 is 5.97 Å². The van der Waals surface area contributed by atoms with Crippen molar-refractivity contribution in [1.82, 2.24) is 9.97 Å². The zero-order valence-electron chi connectivity index (χ0n) is 11.2. The number of nitrogens with zero attached hydrogens (tertiary/aromatic N) is 3. The third kappa shape index (κ3) is 3.32. The van der Waals surface area contributed by atoms with Crippen LogP contribution in [0.4, 0.5) is 5.95 Å². The third-order valence-electron chi connectivity index (χ3n) is 2.57. The van der Waals surface area contributed by atoms with Crippen LogP contribution < -0.4 is 9.64 Å². The van der Waals surface area contributed by atoms with E-state index in [-0.39, 0.29) is 0 Å². The van der Waals surface area contributed by atoms with E-state index in [0.717, 1.165) is 5.69 Å². The summed E-state index contributed by atoms with van der Waals surface area (Å²) in [5.41, 5.74) is 0.746. The number of aliphatic carboxylic acids is 1. The molecule has 1 rings (SSSR count). The van der Waals surface area contributed by atoms with E-state index in [1.807, 2.05) is 20.8 Å². The van der Waals surface area contributed by atoms with Gasteiger partial charge in [0.15, 0.2) is 0 Å². The minimum absolute atomic E-state index is 0.368. The molecule has 0 saturated carbocycles. The van der Waals surface area contributed by atoms with Gasteiger partial charge in [-0.15, -0.1) is 0 Å². The molecule has 1 heterocycles. The standard InChI is InChI=1S/C12H19N3O3/c1-5-9(11(16)17)15(4)12-13-8(3)7-10(14-12)18-6-2/h7,9H,5-6H2,1-4H3,(H,16,17). The first-order chi connectivity index (χ1) is 8.49. The van der Waals surface area contributed by atoms with Gasteiger partial charge in [0.05, 0.1) is 6.61 Å². The molecule has 6 nitrogen and oxygen atoms in total. The lowest BCUT2D eigenvalue weighted by molar-refractivity contribution is -0.138. The van der Waals surface area contributed by atoms with Crippen molar-refractivity contribution in [3.05, 3.63) is 11.8 Å². The molecule has 1 N–H and O–H groups in total. The summed E-state index contributed by atoms with van der Waals surface area (Å²) in [5, 5.41) is 9.12. The zero-order chi connectivity index (χ0) is 13.7. The Morgan fingerprint density at radius 2 is 2.17 bits per heavy atom. The molecule has 1 aromatic rings. The molecule has 0 radical (unpaired) electrons. The molecular weight excluding hydrogens is 234 g/mol.